The van der Waals surface area contributed by atoms with Gasteiger partial charge in [-0.1, -0.05) is 36.4 Å². The van der Waals surface area contributed by atoms with Crippen molar-refractivity contribution >= 4 is 17.0 Å². The first-order chi connectivity index (χ1) is 9.24. The van der Waals surface area contributed by atoms with Crippen LogP contribution in [0.25, 0.3) is 17.0 Å². The van der Waals surface area contributed by atoms with Gasteiger partial charge in [0.15, 0.2) is 0 Å². The predicted molar refractivity (Wildman–Crippen MR) is 73.9 cm³/mol. The second kappa shape index (κ2) is 3.56. The van der Waals surface area contributed by atoms with Crippen LogP contribution in [0.4, 0.5) is 0 Å². The largest absolute Gasteiger partial charge is 0.361 e. The van der Waals surface area contributed by atoms with Crippen LogP contribution in [0.3, 0.4) is 0 Å². The van der Waals surface area contributed by atoms with Gasteiger partial charge in [0.05, 0.1) is 11.1 Å². The first-order valence-electron chi connectivity index (χ1n) is 6.23. The van der Waals surface area contributed by atoms with Crippen molar-refractivity contribution in [2.24, 2.45) is 4.99 Å². The Kier molecular flexibility index (Phi) is 1.97. The smallest absolute Gasteiger partial charge is 0.218 e. The number of aromatic amines is 1. The number of nitrogens with one attached hydrogen (secondary N) is 1. The Hall–Kier alpha value is -2.39. The number of H-pyrrole nitrogens is 1. The van der Waals surface area contributed by atoms with Crippen molar-refractivity contribution in [2.45, 2.75) is 5.72 Å². The van der Waals surface area contributed by atoms with E-state index in [4.69, 9.17) is 0 Å². The van der Waals surface area contributed by atoms with Crippen LogP contribution in [-0.2, 0) is 5.72 Å². The number of rotatable bonds is 1. The molecule has 0 bridgehead atoms. The molecule has 3 nitrogen and oxygen atoms in total. The zero-order valence-electron chi connectivity index (χ0n) is 10.2. The minimum absolute atomic E-state index is 0.699. The van der Waals surface area contributed by atoms with Crippen LogP contribution in [0, 0.1) is 0 Å². The van der Waals surface area contributed by atoms with Gasteiger partial charge in [-0.2, -0.15) is 0 Å². The highest BCUT2D eigenvalue weighted by Crippen LogP contribution is 2.28. The number of nitrogens with zero attached hydrogens (tertiary/aromatic N) is 1. The van der Waals surface area contributed by atoms with Gasteiger partial charge in [-0.15, -0.1) is 0 Å². The van der Waals surface area contributed by atoms with E-state index in [-0.39, 0.29) is 0 Å². The molecule has 92 valence electrons. The van der Waals surface area contributed by atoms with Crippen molar-refractivity contribution < 1.29 is 5.11 Å². The van der Waals surface area contributed by atoms with E-state index in [1.54, 1.807) is 6.08 Å². The van der Waals surface area contributed by atoms with Crippen molar-refractivity contribution in [3.63, 3.8) is 0 Å². The number of benzene rings is 2. The molecule has 0 saturated heterocycles. The Morgan fingerprint density at radius 2 is 1.79 bits per heavy atom. The Bertz CT molecular complexity index is 824. The second-order valence-electron chi connectivity index (χ2n) is 4.81. The molecule has 0 aliphatic carbocycles. The summed E-state index contributed by atoms with van der Waals surface area (Å²) in [6.45, 7) is 0. The van der Waals surface area contributed by atoms with E-state index in [0.29, 0.717) is 5.69 Å². The topological polar surface area (TPSA) is 48.4 Å². The highest BCUT2D eigenvalue weighted by molar-refractivity contribution is 5.81. The van der Waals surface area contributed by atoms with Crippen LogP contribution in [0.2, 0.25) is 0 Å². The molecule has 1 aromatic heterocycles. The van der Waals surface area contributed by atoms with Crippen molar-refractivity contribution in [3.8, 4) is 0 Å². The van der Waals surface area contributed by atoms with E-state index in [9.17, 15) is 5.11 Å². The fourth-order valence-electron chi connectivity index (χ4n) is 2.55. The molecule has 2 heterocycles. The van der Waals surface area contributed by atoms with Crippen LogP contribution in [0.5, 0.6) is 0 Å². The average molecular weight is 248 g/mol. The van der Waals surface area contributed by atoms with Gasteiger partial charge in [0.2, 0.25) is 5.72 Å². The van der Waals surface area contributed by atoms with Crippen molar-refractivity contribution in [2.75, 3.05) is 0 Å². The zero-order valence-corrected chi connectivity index (χ0v) is 10.2. The molecule has 0 fully saturated rings. The molecule has 1 aliphatic rings. The molecule has 1 unspecified atom stereocenters. The van der Waals surface area contributed by atoms with E-state index in [1.165, 1.54) is 0 Å². The molecular formula is C16H12N2O. The zero-order chi connectivity index (χ0) is 12.9. The Morgan fingerprint density at radius 1 is 1.00 bits per heavy atom. The molecule has 1 aliphatic heterocycles. The summed E-state index contributed by atoms with van der Waals surface area (Å²) in [5.41, 5.74) is 0.415. The van der Waals surface area contributed by atoms with Gasteiger partial charge in [-0.25, -0.2) is 4.99 Å². The third-order valence-corrected chi connectivity index (χ3v) is 3.51. The van der Waals surface area contributed by atoms with E-state index < -0.39 is 5.72 Å². The molecule has 3 aromatic rings. The van der Waals surface area contributed by atoms with Crippen molar-refractivity contribution in [3.05, 3.63) is 70.9 Å². The molecular weight excluding hydrogens is 236 g/mol. The second-order valence-corrected chi connectivity index (χ2v) is 4.81. The number of para-hydroxylation sites is 2. The van der Waals surface area contributed by atoms with Crippen LogP contribution >= 0.6 is 0 Å². The number of hydrogen-bond acceptors (Lipinski definition) is 2. The molecule has 19 heavy (non-hydrogen) atoms. The maximum absolute atomic E-state index is 10.7. The minimum atomic E-state index is -1.29. The van der Waals surface area contributed by atoms with Gasteiger partial charge in [0.25, 0.3) is 0 Å². The van der Waals surface area contributed by atoms with E-state index in [2.05, 4.69) is 9.98 Å². The van der Waals surface area contributed by atoms with E-state index in [0.717, 1.165) is 21.5 Å². The summed E-state index contributed by atoms with van der Waals surface area (Å²) < 4.78 is 0. The summed E-state index contributed by atoms with van der Waals surface area (Å²) >= 11 is 0. The summed E-state index contributed by atoms with van der Waals surface area (Å²) in [6.07, 6.45) is 1.78. The molecule has 0 amide bonds. The van der Waals surface area contributed by atoms with Crippen molar-refractivity contribution in [1.29, 1.82) is 0 Å². The highest BCUT2D eigenvalue weighted by Gasteiger charge is 2.30. The molecule has 0 radical (unpaired) electrons. The van der Waals surface area contributed by atoms with Crippen LogP contribution in [0.15, 0.2) is 59.6 Å². The number of aromatic nitrogens is 1. The molecule has 4 rings (SSSR count). The first-order valence-corrected chi connectivity index (χ1v) is 6.23. The van der Waals surface area contributed by atoms with Gasteiger partial charge in [-0.05, 0) is 29.7 Å². The van der Waals surface area contributed by atoms with E-state index >= 15 is 0 Å². The van der Waals surface area contributed by atoms with Crippen LogP contribution < -0.4 is 10.6 Å². The molecule has 0 saturated carbocycles. The number of fused-ring (bicyclic) bond motifs is 2. The maximum Gasteiger partial charge on any atom is 0.218 e. The number of aliphatic hydroxyl groups is 1. The van der Waals surface area contributed by atoms with Crippen LogP contribution in [0.1, 0.15) is 5.69 Å². The summed E-state index contributed by atoms with van der Waals surface area (Å²) in [5.74, 6) is 0. The predicted octanol–water partition coefficient (Wildman–Crippen LogP) is 1.43. The van der Waals surface area contributed by atoms with Gasteiger partial charge in [0.1, 0.15) is 0 Å². The summed E-state index contributed by atoms with van der Waals surface area (Å²) in [6, 6.07) is 17.6. The van der Waals surface area contributed by atoms with Gasteiger partial charge < -0.3 is 10.1 Å². The van der Waals surface area contributed by atoms with Crippen molar-refractivity contribution in [1.82, 2.24) is 4.98 Å². The lowest BCUT2D eigenvalue weighted by molar-refractivity contribution is 0.112. The fraction of sp³-hybridized carbons (Fsp3) is 0.0625. The van der Waals surface area contributed by atoms with Gasteiger partial charge in [-0.3, -0.25) is 0 Å². The maximum atomic E-state index is 10.7. The quantitative estimate of drug-likeness (QED) is 0.672. The summed E-state index contributed by atoms with van der Waals surface area (Å²) in [4.78, 5) is 7.66. The lowest BCUT2D eigenvalue weighted by atomic mass is 10.1. The molecule has 0 spiro atoms. The first kappa shape index (κ1) is 10.5. The van der Waals surface area contributed by atoms with Crippen LogP contribution in [-0.4, -0.2) is 10.1 Å². The average Bonchev–Trinajstić information content (AvgIpc) is 2.98. The molecule has 2 aromatic carbocycles. The lowest BCUT2D eigenvalue weighted by Crippen LogP contribution is -2.19. The molecule has 3 heteroatoms. The summed E-state index contributed by atoms with van der Waals surface area (Å²) in [5, 5.41) is 13.6. The lowest BCUT2D eigenvalue weighted by Gasteiger charge is -2.14. The van der Waals surface area contributed by atoms with Gasteiger partial charge in [0, 0.05) is 10.7 Å². The van der Waals surface area contributed by atoms with E-state index in [1.807, 2.05) is 54.6 Å². The third-order valence-electron chi connectivity index (χ3n) is 3.51. The monoisotopic (exact) mass is 248 g/mol. The standard InChI is InChI=1S/C16H12N2O/c19-16(10-12-6-2-4-8-14(12)18-16)15-9-11-5-1-3-7-13(11)17-15/h1-10,17,19H. The third kappa shape index (κ3) is 1.52. The molecule has 2 N–H and O–H groups in total. The Morgan fingerprint density at radius 3 is 2.63 bits per heavy atom. The highest BCUT2D eigenvalue weighted by atomic mass is 16.3. The fourth-order valence-corrected chi connectivity index (χ4v) is 2.55. The Balaban J connectivity index is 1.95. The number of hydrogen-bond donors (Lipinski definition) is 2. The summed E-state index contributed by atoms with van der Waals surface area (Å²) in [7, 11) is 0. The molecule has 1 atom stereocenters. The normalized spacial score (nSPS) is 20.9. The Labute approximate surface area is 109 Å². The van der Waals surface area contributed by atoms with Gasteiger partial charge >= 0.3 is 0 Å². The SMILES string of the molecule is OC1(c2cc3ccccc3[nH]2)C=c2ccccc2=N1. The minimum Gasteiger partial charge on any atom is -0.361 e.